The number of pyridine rings is 1. The molecule has 2 aliphatic rings. The van der Waals surface area contributed by atoms with Gasteiger partial charge in [-0.1, -0.05) is 36.4 Å². The second-order valence-electron chi connectivity index (χ2n) is 8.31. The highest BCUT2D eigenvalue weighted by atomic mass is 16.5. The first-order valence-corrected chi connectivity index (χ1v) is 11.5. The highest BCUT2D eigenvalue weighted by Crippen LogP contribution is 2.48. The second kappa shape index (κ2) is 10.0. The van der Waals surface area contributed by atoms with E-state index in [2.05, 4.69) is 10.3 Å². The molecule has 0 fully saturated rings. The fourth-order valence-electron chi connectivity index (χ4n) is 4.91. The summed E-state index contributed by atoms with van der Waals surface area (Å²) in [5.74, 6) is -3.48. The van der Waals surface area contributed by atoms with E-state index < -0.39 is 23.8 Å². The van der Waals surface area contributed by atoms with Crippen LogP contribution in [0, 0.1) is 5.92 Å². The van der Waals surface area contributed by atoms with Gasteiger partial charge in [0.15, 0.2) is 5.78 Å². The van der Waals surface area contributed by atoms with Gasteiger partial charge in [0.25, 0.3) is 0 Å². The third-order valence-electron chi connectivity index (χ3n) is 6.30. The quantitative estimate of drug-likeness (QED) is 0.518. The van der Waals surface area contributed by atoms with Crippen LogP contribution >= 0.6 is 0 Å². The maximum atomic E-state index is 14.1. The summed E-state index contributed by atoms with van der Waals surface area (Å²) >= 11 is 0. The van der Waals surface area contributed by atoms with E-state index in [1.54, 1.807) is 39.2 Å². The molecule has 0 saturated carbocycles. The molecule has 0 spiro atoms. The molecule has 7 nitrogen and oxygen atoms in total. The molecule has 0 radical (unpaired) electrons. The van der Waals surface area contributed by atoms with Crippen molar-refractivity contribution >= 4 is 17.7 Å². The van der Waals surface area contributed by atoms with Crippen molar-refractivity contribution in [1.82, 2.24) is 10.3 Å². The Labute approximate surface area is 198 Å². The lowest BCUT2D eigenvalue weighted by Gasteiger charge is -2.39. The Balaban J connectivity index is 1.88. The van der Waals surface area contributed by atoms with Crippen LogP contribution in [0.5, 0.6) is 0 Å². The molecule has 2 aromatic rings. The van der Waals surface area contributed by atoms with Crippen molar-refractivity contribution in [2.45, 2.75) is 39.0 Å². The van der Waals surface area contributed by atoms with E-state index in [1.165, 1.54) is 0 Å². The minimum absolute atomic E-state index is 0.174. The molecular formula is C27H28N2O5. The third-order valence-corrected chi connectivity index (χ3v) is 6.30. The van der Waals surface area contributed by atoms with Gasteiger partial charge in [0, 0.05) is 41.2 Å². The van der Waals surface area contributed by atoms with Gasteiger partial charge in [0.05, 0.1) is 18.8 Å². The molecule has 34 heavy (non-hydrogen) atoms. The maximum absolute atomic E-state index is 14.1. The van der Waals surface area contributed by atoms with Crippen molar-refractivity contribution in [3.05, 3.63) is 88.5 Å². The number of benzene rings is 1. The van der Waals surface area contributed by atoms with Gasteiger partial charge < -0.3 is 14.8 Å². The predicted molar refractivity (Wildman–Crippen MR) is 125 cm³/mol. The average Bonchev–Trinajstić information content (AvgIpc) is 2.84. The van der Waals surface area contributed by atoms with E-state index in [9.17, 15) is 14.4 Å². The molecule has 3 unspecified atom stereocenters. The van der Waals surface area contributed by atoms with Crippen molar-refractivity contribution in [3.63, 3.8) is 0 Å². The van der Waals surface area contributed by atoms with E-state index >= 15 is 0 Å². The first kappa shape index (κ1) is 23.4. The van der Waals surface area contributed by atoms with Crippen LogP contribution in [0.1, 0.15) is 50.2 Å². The molecule has 1 N–H and O–H groups in total. The number of nitrogens with zero attached hydrogens (tertiary/aromatic N) is 1. The second-order valence-corrected chi connectivity index (χ2v) is 8.31. The Morgan fingerprint density at radius 3 is 2.38 bits per heavy atom. The zero-order valence-electron chi connectivity index (χ0n) is 19.5. The van der Waals surface area contributed by atoms with Gasteiger partial charge >= 0.3 is 11.9 Å². The number of ketones is 1. The fourth-order valence-corrected chi connectivity index (χ4v) is 4.91. The van der Waals surface area contributed by atoms with E-state index in [4.69, 9.17) is 9.47 Å². The number of carbonyl (C=O) groups is 3. The van der Waals surface area contributed by atoms with E-state index in [-0.39, 0.29) is 24.9 Å². The number of Topliss-reactive ketones (excluding diaryl/α,β-unsaturated/α-hetero) is 1. The molecule has 1 aromatic carbocycles. The largest absolute Gasteiger partial charge is 0.465 e. The van der Waals surface area contributed by atoms with Crippen LogP contribution in [0.15, 0.2) is 77.4 Å². The Morgan fingerprint density at radius 2 is 1.74 bits per heavy atom. The topological polar surface area (TPSA) is 94.6 Å². The lowest BCUT2D eigenvalue weighted by atomic mass is 9.67. The number of nitrogens with one attached hydrogen (secondary N) is 1. The molecule has 2 heterocycles. The van der Waals surface area contributed by atoms with Gasteiger partial charge in [0.1, 0.15) is 5.92 Å². The molecule has 4 rings (SSSR count). The maximum Gasteiger partial charge on any atom is 0.336 e. The molecule has 1 aliphatic heterocycles. The number of esters is 2. The summed E-state index contributed by atoms with van der Waals surface area (Å²) in [6, 6.07) is 13.1. The Hall–Kier alpha value is -3.74. The summed E-state index contributed by atoms with van der Waals surface area (Å²) in [5, 5.41) is 3.29. The number of allylic oxidation sites excluding steroid dienone is 3. The summed E-state index contributed by atoms with van der Waals surface area (Å²) in [5.41, 5.74) is 3.65. The normalized spacial score (nSPS) is 22.1. The molecule has 3 atom stereocenters. The standard InChI is InChI=1S/C27H28N2O5/c1-4-33-26(31)21-16(3)29-20-14-19(17-10-7-6-8-11-17)23(27(32)34-5-2)25(30)24(20)22(21)18-12-9-13-28-15-18/h6-13,15,19,22-23,29H,4-5,14H2,1-3H3. The van der Waals surface area contributed by atoms with Crippen molar-refractivity contribution in [3.8, 4) is 0 Å². The summed E-state index contributed by atoms with van der Waals surface area (Å²) < 4.78 is 10.7. The molecule has 1 aliphatic carbocycles. The van der Waals surface area contributed by atoms with Gasteiger partial charge in [-0.15, -0.1) is 0 Å². The number of rotatable bonds is 6. The Bertz CT molecular complexity index is 1150. The van der Waals surface area contributed by atoms with Gasteiger partial charge in [-0.05, 0) is 44.4 Å². The van der Waals surface area contributed by atoms with Crippen LogP contribution in [-0.2, 0) is 23.9 Å². The number of dihydropyridines is 1. The molecule has 7 heteroatoms. The van der Waals surface area contributed by atoms with Crippen molar-refractivity contribution in [1.29, 1.82) is 0 Å². The van der Waals surface area contributed by atoms with Crippen LogP contribution in [0.4, 0.5) is 0 Å². The van der Waals surface area contributed by atoms with E-state index in [1.807, 2.05) is 36.4 Å². The number of carbonyl (C=O) groups excluding carboxylic acids is 3. The fraction of sp³-hybridized carbons (Fsp3) is 0.333. The van der Waals surface area contributed by atoms with Crippen LogP contribution < -0.4 is 5.32 Å². The van der Waals surface area contributed by atoms with E-state index in [0.717, 1.165) is 5.56 Å². The average molecular weight is 461 g/mol. The van der Waals surface area contributed by atoms with Crippen molar-refractivity contribution in [2.75, 3.05) is 13.2 Å². The monoisotopic (exact) mass is 460 g/mol. The first-order chi connectivity index (χ1) is 16.5. The molecule has 0 saturated heterocycles. The molecule has 0 bridgehead atoms. The Morgan fingerprint density at radius 1 is 1.03 bits per heavy atom. The van der Waals surface area contributed by atoms with Gasteiger partial charge in [-0.2, -0.15) is 0 Å². The summed E-state index contributed by atoms with van der Waals surface area (Å²) in [6.07, 6.45) is 3.71. The van der Waals surface area contributed by atoms with Crippen molar-refractivity contribution in [2.24, 2.45) is 5.92 Å². The van der Waals surface area contributed by atoms with Crippen LogP contribution in [0.2, 0.25) is 0 Å². The minimum atomic E-state index is -1.01. The highest BCUT2D eigenvalue weighted by molar-refractivity contribution is 6.13. The van der Waals surface area contributed by atoms with Crippen LogP contribution in [0.25, 0.3) is 0 Å². The number of hydrogen-bond acceptors (Lipinski definition) is 7. The summed E-state index contributed by atoms with van der Waals surface area (Å²) in [4.78, 5) is 44.4. The number of ether oxygens (including phenoxy) is 2. The first-order valence-electron chi connectivity index (χ1n) is 11.5. The van der Waals surface area contributed by atoms with E-state index in [0.29, 0.717) is 34.5 Å². The lowest BCUT2D eigenvalue weighted by molar-refractivity contribution is -0.152. The van der Waals surface area contributed by atoms with Gasteiger partial charge in [-0.25, -0.2) is 4.79 Å². The number of hydrogen-bond donors (Lipinski definition) is 1. The smallest absolute Gasteiger partial charge is 0.336 e. The van der Waals surface area contributed by atoms with Crippen LogP contribution in [0.3, 0.4) is 0 Å². The molecule has 0 amide bonds. The van der Waals surface area contributed by atoms with Gasteiger partial charge in [-0.3, -0.25) is 14.6 Å². The SMILES string of the molecule is CCOC(=O)C1=C(C)NC2=C(C(=O)C(C(=O)OCC)C(c3ccccc3)C2)C1c1cccnc1. The van der Waals surface area contributed by atoms with Gasteiger partial charge in [0.2, 0.25) is 0 Å². The minimum Gasteiger partial charge on any atom is -0.465 e. The van der Waals surface area contributed by atoms with Crippen LogP contribution in [-0.4, -0.2) is 35.9 Å². The molecule has 1 aromatic heterocycles. The van der Waals surface area contributed by atoms with Crippen molar-refractivity contribution < 1.29 is 23.9 Å². The third kappa shape index (κ3) is 4.25. The number of aromatic nitrogens is 1. The summed E-state index contributed by atoms with van der Waals surface area (Å²) in [6.45, 7) is 5.64. The highest BCUT2D eigenvalue weighted by Gasteiger charge is 2.49. The zero-order chi connectivity index (χ0) is 24.2. The predicted octanol–water partition coefficient (Wildman–Crippen LogP) is 3.80. The molecule has 176 valence electrons. The molecular weight excluding hydrogens is 432 g/mol. The summed E-state index contributed by atoms with van der Waals surface area (Å²) in [7, 11) is 0. The lowest BCUT2D eigenvalue weighted by Crippen LogP contribution is -2.43. The Kier molecular flexibility index (Phi) is 6.91. The zero-order valence-corrected chi connectivity index (χ0v) is 19.5.